The average molecular weight is 365 g/mol. The monoisotopic (exact) mass is 365 g/mol. The summed E-state index contributed by atoms with van der Waals surface area (Å²) in [7, 11) is 0. The van der Waals surface area contributed by atoms with E-state index in [4.69, 9.17) is 15.9 Å². The molecule has 0 aliphatic carbocycles. The molecule has 0 radical (unpaired) electrons. The SMILES string of the molecule is CC(C)C[C@H](N)C(=O)N[C@@H](Cc1ccccc1)C(=O)N[C@@H](CO)C(=O)O. The summed E-state index contributed by atoms with van der Waals surface area (Å²) in [4.78, 5) is 35.8. The molecule has 1 rings (SSSR count). The van der Waals surface area contributed by atoms with Crippen molar-refractivity contribution in [3.05, 3.63) is 35.9 Å². The topological polar surface area (TPSA) is 142 Å². The maximum Gasteiger partial charge on any atom is 0.328 e. The molecule has 0 saturated carbocycles. The van der Waals surface area contributed by atoms with Crippen LogP contribution in [0.25, 0.3) is 0 Å². The standard InChI is InChI=1S/C18H27N3O5/c1-11(2)8-13(19)16(23)20-14(9-12-6-4-3-5-7-12)17(24)21-15(10-22)18(25)26/h3-7,11,13-15,22H,8-10,19H2,1-2H3,(H,20,23)(H,21,24)(H,25,26)/t13-,14-,15-/m0/s1. The van der Waals surface area contributed by atoms with Gasteiger partial charge in [0.25, 0.3) is 0 Å². The van der Waals surface area contributed by atoms with Gasteiger partial charge in [-0.1, -0.05) is 44.2 Å². The van der Waals surface area contributed by atoms with Crippen molar-refractivity contribution in [3.8, 4) is 0 Å². The normalized spacial score (nSPS) is 14.3. The maximum atomic E-state index is 12.5. The molecule has 1 aromatic carbocycles. The van der Waals surface area contributed by atoms with Gasteiger partial charge in [-0.05, 0) is 17.9 Å². The molecule has 144 valence electrons. The summed E-state index contributed by atoms with van der Waals surface area (Å²) in [6, 6.07) is 5.78. The molecule has 0 aliphatic rings. The summed E-state index contributed by atoms with van der Waals surface area (Å²) in [5.74, 6) is -2.32. The van der Waals surface area contributed by atoms with Gasteiger partial charge in [0.15, 0.2) is 0 Å². The molecule has 0 saturated heterocycles. The highest BCUT2D eigenvalue weighted by Gasteiger charge is 2.28. The quantitative estimate of drug-likeness (QED) is 0.384. The van der Waals surface area contributed by atoms with Gasteiger partial charge in [0.1, 0.15) is 12.1 Å². The van der Waals surface area contributed by atoms with Gasteiger partial charge in [-0.25, -0.2) is 4.79 Å². The smallest absolute Gasteiger partial charge is 0.328 e. The summed E-state index contributed by atoms with van der Waals surface area (Å²) in [5, 5.41) is 22.9. The van der Waals surface area contributed by atoms with Crippen molar-refractivity contribution in [3.63, 3.8) is 0 Å². The van der Waals surface area contributed by atoms with Crippen molar-refractivity contribution in [1.29, 1.82) is 0 Å². The molecule has 0 unspecified atom stereocenters. The number of nitrogens with two attached hydrogens (primary N) is 1. The number of carbonyl (C=O) groups is 3. The van der Waals surface area contributed by atoms with Crippen LogP contribution in [0, 0.1) is 5.92 Å². The molecule has 0 spiro atoms. The number of nitrogens with one attached hydrogen (secondary N) is 2. The van der Waals surface area contributed by atoms with Crippen molar-refractivity contribution in [2.45, 2.75) is 44.8 Å². The highest BCUT2D eigenvalue weighted by molar-refractivity contribution is 5.92. The number of amides is 2. The number of aliphatic hydroxyl groups is 1. The number of carbonyl (C=O) groups excluding carboxylic acids is 2. The van der Waals surface area contributed by atoms with Crippen LogP contribution in [0.4, 0.5) is 0 Å². The Morgan fingerprint density at radius 3 is 2.12 bits per heavy atom. The summed E-state index contributed by atoms with van der Waals surface area (Å²) in [6.45, 7) is 3.11. The molecule has 2 amide bonds. The molecule has 0 bridgehead atoms. The molecule has 6 N–H and O–H groups in total. The zero-order valence-corrected chi connectivity index (χ0v) is 15.0. The van der Waals surface area contributed by atoms with Gasteiger partial charge in [-0.15, -0.1) is 0 Å². The van der Waals surface area contributed by atoms with Gasteiger partial charge in [-0.3, -0.25) is 9.59 Å². The number of aliphatic carboxylic acids is 1. The fourth-order valence-electron chi connectivity index (χ4n) is 2.41. The molecule has 3 atom stereocenters. The Hall–Kier alpha value is -2.45. The second-order valence-corrected chi connectivity index (χ2v) is 6.57. The fourth-order valence-corrected chi connectivity index (χ4v) is 2.41. The summed E-state index contributed by atoms with van der Waals surface area (Å²) < 4.78 is 0. The van der Waals surface area contributed by atoms with E-state index in [2.05, 4.69) is 10.6 Å². The first-order valence-corrected chi connectivity index (χ1v) is 8.48. The fraction of sp³-hybridized carbons (Fsp3) is 0.500. The second kappa shape index (κ2) is 10.5. The maximum absolute atomic E-state index is 12.5. The lowest BCUT2D eigenvalue weighted by Crippen LogP contribution is -2.56. The van der Waals surface area contributed by atoms with Crippen molar-refractivity contribution in [1.82, 2.24) is 10.6 Å². The van der Waals surface area contributed by atoms with Crippen LogP contribution in [0.1, 0.15) is 25.8 Å². The zero-order valence-electron chi connectivity index (χ0n) is 15.0. The minimum absolute atomic E-state index is 0.171. The Balaban J connectivity index is 2.89. The van der Waals surface area contributed by atoms with Gasteiger partial charge >= 0.3 is 5.97 Å². The average Bonchev–Trinajstić information content (AvgIpc) is 2.58. The van der Waals surface area contributed by atoms with Gasteiger partial charge in [0.2, 0.25) is 11.8 Å². The number of rotatable bonds is 10. The zero-order chi connectivity index (χ0) is 19.7. The van der Waals surface area contributed by atoms with Gasteiger partial charge < -0.3 is 26.6 Å². The predicted molar refractivity (Wildman–Crippen MR) is 96.2 cm³/mol. The van der Waals surface area contributed by atoms with E-state index in [9.17, 15) is 14.4 Å². The van der Waals surface area contributed by atoms with Gasteiger partial charge in [0, 0.05) is 6.42 Å². The van der Waals surface area contributed by atoms with Crippen LogP contribution in [-0.4, -0.2) is 52.7 Å². The summed E-state index contributed by atoms with van der Waals surface area (Å²) in [5.41, 5.74) is 6.65. The lowest BCUT2D eigenvalue weighted by atomic mass is 10.0. The van der Waals surface area contributed by atoms with Crippen LogP contribution in [0.2, 0.25) is 0 Å². The molecule has 0 aromatic heterocycles. The molecule has 26 heavy (non-hydrogen) atoms. The van der Waals surface area contributed by atoms with E-state index in [0.29, 0.717) is 6.42 Å². The van der Waals surface area contributed by atoms with E-state index in [1.807, 2.05) is 19.9 Å². The molecule has 1 aromatic rings. The number of carboxylic acids is 1. The van der Waals surface area contributed by atoms with E-state index in [1.54, 1.807) is 24.3 Å². The second-order valence-electron chi connectivity index (χ2n) is 6.57. The lowest BCUT2D eigenvalue weighted by Gasteiger charge is -2.23. The summed E-state index contributed by atoms with van der Waals surface area (Å²) in [6.07, 6.45) is 0.629. The van der Waals surface area contributed by atoms with E-state index in [0.717, 1.165) is 5.56 Å². The lowest BCUT2D eigenvalue weighted by molar-refractivity contribution is -0.143. The third kappa shape index (κ3) is 7.20. The number of hydrogen-bond donors (Lipinski definition) is 5. The highest BCUT2D eigenvalue weighted by atomic mass is 16.4. The first kappa shape index (κ1) is 21.6. The minimum atomic E-state index is -1.44. The largest absolute Gasteiger partial charge is 0.480 e. The van der Waals surface area contributed by atoms with Gasteiger partial charge in [-0.2, -0.15) is 0 Å². The highest BCUT2D eigenvalue weighted by Crippen LogP contribution is 2.07. The Kier molecular flexibility index (Phi) is 8.74. The van der Waals surface area contributed by atoms with E-state index in [1.165, 1.54) is 0 Å². The van der Waals surface area contributed by atoms with Crippen LogP contribution in [0.5, 0.6) is 0 Å². The molecular formula is C18H27N3O5. The van der Waals surface area contributed by atoms with E-state index in [-0.39, 0.29) is 12.3 Å². The summed E-state index contributed by atoms with van der Waals surface area (Å²) >= 11 is 0. The van der Waals surface area contributed by atoms with Gasteiger partial charge in [0.05, 0.1) is 12.6 Å². The van der Waals surface area contributed by atoms with Crippen LogP contribution in [0.15, 0.2) is 30.3 Å². The predicted octanol–water partition coefficient (Wildman–Crippen LogP) is -0.351. The molecule has 8 nitrogen and oxygen atoms in total. The molecular weight excluding hydrogens is 338 g/mol. The molecule has 0 aliphatic heterocycles. The third-order valence-corrected chi connectivity index (χ3v) is 3.77. The Labute approximate surface area is 152 Å². The first-order valence-electron chi connectivity index (χ1n) is 8.48. The van der Waals surface area contributed by atoms with Crippen LogP contribution in [-0.2, 0) is 20.8 Å². The first-order chi connectivity index (χ1) is 12.2. The number of aliphatic hydroxyl groups excluding tert-OH is 1. The van der Waals surface area contributed by atoms with Crippen LogP contribution < -0.4 is 16.4 Å². The Morgan fingerprint density at radius 1 is 1.04 bits per heavy atom. The molecule has 0 heterocycles. The minimum Gasteiger partial charge on any atom is -0.480 e. The van der Waals surface area contributed by atoms with Crippen molar-refractivity contribution in [2.75, 3.05) is 6.61 Å². The number of carboxylic acid groups (broad SMARTS) is 1. The van der Waals surface area contributed by atoms with E-state index < -0.39 is 42.5 Å². The Morgan fingerprint density at radius 2 is 1.62 bits per heavy atom. The van der Waals surface area contributed by atoms with Crippen LogP contribution >= 0.6 is 0 Å². The third-order valence-electron chi connectivity index (χ3n) is 3.77. The Bertz CT molecular complexity index is 606. The van der Waals surface area contributed by atoms with E-state index >= 15 is 0 Å². The van der Waals surface area contributed by atoms with Crippen molar-refractivity contribution in [2.24, 2.45) is 11.7 Å². The van der Waals surface area contributed by atoms with Crippen LogP contribution in [0.3, 0.4) is 0 Å². The number of benzene rings is 1. The van der Waals surface area contributed by atoms with Crippen molar-refractivity contribution >= 4 is 17.8 Å². The number of hydrogen-bond acceptors (Lipinski definition) is 5. The molecule has 0 fully saturated rings. The molecule has 8 heteroatoms. The van der Waals surface area contributed by atoms with Crippen molar-refractivity contribution < 1.29 is 24.6 Å².